The van der Waals surface area contributed by atoms with Gasteiger partial charge in [0.05, 0.1) is 12.1 Å². The Hall–Kier alpha value is -0.610. The molecule has 0 radical (unpaired) electrons. The largest absolute Gasteiger partial charge is 0.391 e. The first kappa shape index (κ1) is 11.9. The molecule has 2 rings (SSSR count). The maximum Gasteiger partial charge on any atom is 0.240 e. The molecule has 2 N–H and O–H groups in total. The molecule has 16 heavy (non-hydrogen) atoms. The zero-order chi connectivity index (χ0) is 11.8. The van der Waals surface area contributed by atoms with E-state index in [1.165, 1.54) is 0 Å². The van der Waals surface area contributed by atoms with Gasteiger partial charge >= 0.3 is 0 Å². The maximum atomic E-state index is 12.3. The molecular weight excluding hydrogens is 204 g/mol. The second kappa shape index (κ2) is 4.34. The van der Waals surface area contributed by atoms with Crippen LogP contribution in [0.25, 0.3) is 0 Å². The van der Waals surface area contributed by atoms with Crippen molar-refractivity contribution in [3.8, 4) is 0 Å². The first-order valence-electron chi connectivity index (χ1n) is 6.21. The Balaban J connectivity index is 2.03. The van der Waals surface area contributed by atoms with Crippen LogP contribution in [-0.4, -0.2) is 47.7 Å². The van der Waals surface area contributed by atoms with Crippen LogP contribution in [0.1, 0.15) is 33.1 Å². The monoisotopic (exact) mass is 226 g/mol. The van der Waals surface area contributed by atoms with Crippen molar-refractivity contribution in [3.05, 3.63) is 0 Å². The van der Waals surface area contributed by atoms with Gasteiger partial charge in [-0.05, 0) is 31.2 Å². The Morgan fingerprint density at radius 1 is 1.50 bits per heavy atom. The zero-order valence-electron chi connectivity index (χ0n) is 10.2. The van der Waals surface area contributed by atoms with E-state index in [1.807, 2.05) is 0 Å². The molecule has 0 spiro atoms. The van der Waals surface area contributed by atoms with Gasteiger partial charge in [0, 0.05) is 13.1 Å². The number of likely N-dealkylation sites (tertiary alicyclic amines) is 1. The summed E-state index contributed by atoms with van der Waals surface area (Å²) in [6.07, 6.45) is 2.63. The third kappa shape index (κ3) is 2.23. The number of hydrogen-bond donors (Lipinski definition) is 2. The van der Waals surface area contributed by atoms with Crippen molar-refractivity contribution in [2.75, 3.05) is 19.6 Å². The predicted octanol–water partition coefficient (Wildman–Crippen LogP) is 0.358. The van der Waals surface area contributed by atoms with Gasteiger partial charge in [0.1, 0.15) is 0 Å². The highest BCUT2D eigenvalue weighted by atomic mass is 16.3. The number of aliphatic hydroxyl groups is 1. The van der Waals surface area contributed by atoms with Crippen LogP contribution in [0.4, 0.5) is 0 Å². The van der Waals surface area contributed by atoms with E-state index >= 15 is 0 Å². The molecule has 2 saturated heterocycles. The molecule has 0 aromatic heterocycles. The molecule has 4 heteroatoms. The van der Waals surface area contributed by atoms with E-state index in [9.17, 15) is 9.90 Å². The lowest BCUT2D eigenvalue weighted by molar-refractivity contribution is -0.136. The normalized spacial score (nSPS) is 34.1. The fourth-order valence-corrected chi connectivity index (χ4v) is 2.76. The van der Waals surface area contributed by atoms with Crippen molar-refractivity contribution in [3.63, 3.8) is 0 Å². The average Bonchev–Trinajstić information content (AvgIpc) is 2.63. The summed E-state index contributed by atoms with van der Waals surface area (Å²) in [6, 6.07) is -0.0773. The highest BCUT2D eigenvalue weighted by molar-refractivity contribution is 5.83. The van der Waals surface area contributed by atoms with Crippen molar-refractivity contribution in [1.29, 1.82) is 0 Å². The van der Waals surface area contributed by atoms with Crippen LogP contribution in [0, 0.1) is 5.41 Å². The Bertz CT molecular complexity index is 278. The van der Waals surface area contributed by atoms with E-state index in [0.717, 1.165) is 25.8 Å². The molecule has 2 aliphatic rings. The molecule has 0 saturated carbocycles. The van der Waals surface area contributed by atoms with E-state index in [2.05, 4.69) is 19.2 Å². The van der Waals surface area contributed by atoms with Gasteiger partial charge in [0.15, 0.2) is 0 Å². The summed E-state index contributed by atoms with van der Waals surface area (Å²) in [6.45, 7) is 6.43. The summed E-state index contributed by atoms with van der Waals surface area (Å²) in [5.41, 5.74) is 0.0306. The summed E-state index contributed by atoms with van der Waals surface area (Å²) in [5.74, 6) is 0.168. The van der Waals surface area contributed by atoms with Gasteiger partial charge in [-0.2, -0.15) is 0 Å². The number of nitrogens with one attached hydrogen (secondary N) is 1. The van der Waals surface area contributed by atoms with E-state index in [1.54, 1.807) is 4.90 Å². The fraction of sp³-hybridized carbons (Fsp3) is 0.917. The molecular formula is C12H22N2O2. The van der Waals surface area contributed by atoms with E-state index in [-0.39, 0.29) is 23.5 Å². The molecule has 1 amide bonds. The van der Waals surface area contributed by atoms with Crippen molar-refractivity contribution in [2.45, 2.75) is 45.3 Å². The smallest absolute Gasteiger partial charge is 0.240 e. The van der Waals surface area contributed by atoms with Gasteiger partial charge in [-0.15, -0.1) is 0 Å². The topological polar surface area (TPSA) is 52.6 Å². The lowest BCUT2D eigenvalue weighted by Gasteiger charge is -2.40. The first-order chi connectivity index (χ1) is 7.50. The Morgan fingerprint density at radius 3 is 2.81 bits per heavy atom. The van der Waals surface area contributed by atoms with Crippen molar-refractivity contribution < 1.29 is 9.90 Å². The van der Waals surface area contributed by atoms with Gasteiger partial charge in [-0.25, -0.2) is 0 Å². The quantitative estimate of drug-likeness (QED) is 0.678. The minimum Gasteiger partial charge on any atom is -0.391 e. The summed E-state index contributed by atoms with van der Waals surface area (Å²) < 4.78 is 0. The highest BCUT2D eigenvalue weighted by Crippen LogP contribution is 2.31. The van der Waals surface area contributed by atoms with Crippen LogP contribution >= 0.6 is 0 Å². The highest BCUT2D eigenvalue weighted by Gasteiger charge is 2.40. The number of β-amino-alcohol motifs (C(OH)–C–C–N with tert-alkyl or cyclic N) is 1. The third-order valence-corrected chi connectivity index (χ3v) is 3.85. The summed E-state index contributed by atoms with van der Waals surface area (Å²) in [5, 5.41) is 12.8. The van der Waals surface area contributed by atoms with Gasteiger partial charge in [0.25, 0.3) is 0 Å². The van der Waals surface area contributed by atoms with Crippen molar-refractivity contribution >= 4 is 5.91 Å². The van der Waals surface area contributed by atoms with E-state index in [4.69, 9.17) is 0 Å². The Kier molecular flexibility index (Phi) is 3.22. The number of nitrogens with zero attached hydrogens (tertiary/aromatic N) is 1. The van der Waals surface area contributed by atoms with E-state index in [0.29, 0.717) is 13.1 Å². The van der Waals surface area contributed by atoms with Crippen LogP contribution in [0.15, 0.2) is 0 Å². The molecule has 4 nitrogen and oxygen atoms in total. The number of carbonyl (C=O) groups excluding carboxylic acids is 1. The molecule has 2 atom stereocenters. The van der Waals surface area contributed by atoms with Gasteiger partial charge in [-0.3, -0.25) is 4.79 Å². The number of piperidine rings is 1. The van der Waals surface area contributed by atoms with Crippen LogP contribution in [-0.2, 0) is 4.79 Å². The second-order valence-electron chi connectivity index (χ2n) is 5.71. The van der Waals surface area contributed by atoms with Gasteiger partial charge in [0.2, 0.25) is 5.91 Å². The average molecular weight is 226 g/mol. The SMILES string of the molecule is CC1(C)CCCNC1C(=O)N1CCC(O)C1. The number of amides is 1. The number of aliphatic hydroxyl groups excluding tert-OH is 1. The first-order valence-corrected chi connectivity index (χ1v) is 6.21. The van der Waals surface area contributed by atoms with Crippen molar-refractivity contribution in [2.24, 2.45) is 5.41 Å². The molecule has 2 fully saturated rings. The molecule has 0 aromatic carbocycles. The Labute approximate surface area is 97.0 Å². The van der Waals surface area contributed by atoms with E-state index < -0.39 is 0 Å². The maximum absolute atomic E-state index is 12.3. The molecule has 2 unspecified atom stereocenters. The third-order valence-electron chi connectivity index (χ3n) is 3.85. The van der Waals surface area contributed by atoms with Crippen LogP contribution in [0.5, 0.6) is 0 Å². The molecule has 0 aromatic rings. The summed E-state index contributed by atoms with van der Waals surface area (Å²) in [4.78, 5) is 14.1. The molecule has 2 aliphatic heterocycles. The number of carbonyl (C=O) groups is 1. The van der Waals surface area contributed by atoms with Crippen LogP contribution in [0.2, 0.25) is 0 Å². The minimum absolute atomic E-state index is 0.0306. The molecule has 0 aliphatic carbocycles. The van der Waals surface area contributed by atoms with Crippen molar-refractivity contribution in [1.82, 2.24) is 10.2 Å². The van der Waals surface area contributed by atoms with Gasteiger partial charge in [-0.1, -0.05) is 13.8 Å². The number of rotatable bonds is 1. The predicted molar refractivity (Wildman–Crippen MR) is 62.0 cm³/mol. The summed E-state index contributed by atoms with van der Waals surface area (Å²) >= 11 is 0. The minimum atomic E-state index is -0.323. The molecule has 0 bridgehead atoms. The lowest BCUT2D eigenvalue weighted by atomic mass is 9.77. The lowest BCUT2D eigenvalue weighted by Crippen LogP contribution is -2.56. The second-order valence-corrected chi connectivity index (χ2v) is 5.71. The number of hydrogen-bond acceptors (Lipinski definition) is 3. The Morgan fingerprint density at radius 2 is 2.25 bits per heavy atom. The standard InChI is InChI=1S/C12H22N2O2/c1-12(2)5-3-6-13-10(12)11(16)14-7-4-9(15)8-14/h9-10,13,15H,3-8H2,1-2H3. The van der Waals surface area contributed by atoms with Crippen LogP contribution < -0.4 is 5.32 Å². The van der Waals surface area contributed by atoms with Gasteiger partial charge < -0.3 is 15.3 Å². The fourth-order valence-electron chi connectivity index (χ4n) is 2.76. The summed E-state index contributed by atoms with van der Waals surface area (Å²) in [7, 11) is 0. The molecule has 92 valence electrons. The van der Waals surface area contributed by atoms with Crippen LogP contribution in [0.3, 0.4) is 0 Å². The molecule has 2 heterocycles. The zero-order valence-corrected chi connectivity index (χ0v) is 10.2.